The van der Waals surface area contributed by atoms with Gasteiger partial charge in [-0.1, -0.05) is 0 Å². The van der Waals surface area contributed by atoms with E-state index >= 15 is 0 Å². The summed E-state index contributed by atoms with van der Waals surface area (Å²) < 4.78 is 3.74. The zero-order valence-electron chi connectivity index (χ0n) is 9.90. The summed E-state index contributed by atoms with van der Waals surface area (Å²) in [6, 6.07) is 0. The number of imidazole rings is 1. The minimum Gasteiger partial charge on any atom is -0.382 e. The Morgan fingerprint density at radius 2 is 2.17 bits per heavy atom. The highest BCUT2D eigenvalue weighted by Gasteiger charge is 2.12. The molecule has 3 heterocycles. The maximum atomic E-state index is 5.76. The first-order chi connectivity index (χ1) is 8.65. The monoisotopic (exact) mass is 261 g/mol. The maximum Gasteiger partial charge on any atom is 0.197 e. The predicted molar refractivity (Wildman–Crippen MR) is 67.3 cm³/mol. The quantitative estimate of drug-likeness (QED) is 0.737. The van der Waals surface area contributed by atoms with Crippen LogP contribution in [0.15, 0.2) is 28.8 Å². The van der Waals surface area contributed by atoms with Gasteiger partial charge in [-0.25, -0.2) is 9.97 Å². The molecule has 0 bridgehead atoms. The lowest BCUT2D eigenvalue weighted by Gasteiger charge is -2.04. The molecule has 0 aliphatic rings. The van der Waals surface area contributed by atoms with Crippen LogP contribution in [0.4, 0.5) is 5.82 Å². The second-order valence-corrected chi connectivity index (χ2v) is 4.78. The van der Waals surface area contributed by atoms with Crippen LogP contribution in [0, 0.1) is 6.92 Å². The Morgan fingerprint density at radius 3 is 2.89 bits per heavy atom. The van der Waals surface area contributed by atoms with Gasteiger partial charge < -0.3 is 14.7 Å². The number of rotatable bonds is 2. The van der Waals surface area contributed by atoms with Crippen molar-refractivity contribution in [3.05, 3.63) is 24.4 Å². The summed E-state index contributed by atoms with van der Waals surface area (Å²) in [6.45, 7) is 1.90. The molecule has 92 valence electrons. The Labute approximate surface area is 107 Å². The topological polar surface area (TPSA) is 86.9 Å². The standard InChI is InChI=1S/C10H11N7S/c1-6-14-15-10(16(6)2)18-9-8-12-3-4-17(8)5-7(11)13-9/h3-5H,11H2,1-2H3. The van der Waals surface area contributed by atoms with E-state index in [1.54, 1.807) is 12.4 Å². The molecule has 0 aromatic carbocycles. The van der Waals surface area contributed by atoms with Crippen molar-refractivity contribution >= 4 is 23.2 Å². The first-order valence-electron chi connectivity index (χ1n) is 5.28. The highest BCUT2D eigenvalue weighted by molar-refractivity contribution is 7.99. The zero-order valence-corrected chi connectivity index (χ0v) is 10.7. The van der Waals surface area contributed by atoms with Crippen LogP contribution >= 0.6 is 11.8 Å². The summed E-state index contributed by atoms with van der Waals surface area (Å²) in [4.78, 5) is 8.55. The SMILES string of the molecule is Cc1nnc(Sc2nc(N)cn3ccnc23)n1C. The number of aromatic nitrogens is 6. The average Bonchev–Trinajstić information content (AvgIpc) is 2.90. The van der Waals surface area contributed by atoms with Crippen LogP contribution in [-0.4, -0.2) is 29.1 Å². The van der Waals surface area contributed by atoms with Crippen molar-refractivity contribution in [3.8, 4) is 0 Å². The van der Waals surface area contributed by atoms with E-state index in [-0.39, 0.29) is 0 Å². The predicted octanol–water partition coefficient (Wildman–Crippen LogP) is 0.900. The van der Waals surface area contributed by atoms with Crippen molar-refractivity contribution in [2.45, 2.75) is 17.1 Å². The van der Waals surface area contributed by atoms with Crippen molar-refractivity contribution in [1.82, 2.24) is 29.1 Å². The summed E-state index contributed by atoms with van der Waals surface area (Å²) in [5.74, 6) is 1.29. The molecule has 0 atom stereocenters. The number of nitrogens with zero attached hydrogens (tertiary/aromatic N) is 6. The van der Waals surface area contributed by atoms with Gasteiger partial charge in [0.15, 0.2) is 10.8 Å². The third-order valence-electron chi connectivity index (χ3n) is 2.60. The van der Waals surface area contributed by atoms with Gasteiger partial charge in [0.25, 0.3) is 0 Å². The molecular weight excluding hydrogens is 250 g/mol. The number of hydrogen-bond acceptors (Lipinski definition) is 6. The third-order valence-corrected chi connectivity index (χ3v) is 3.61. The maximum absolute atomic E-state index is 5.76. The van der Waals surface area contributed by atoms with Gasteiger partial charge in [0.2, 0.25) is 0 Å². The minimum absolute atomic E-state index is 0.446. The fourth-order valence-corrected chi connectivity index (χ4v) is 2.48. The molecule has 8 heteroatoms. The second-order valence-electron chi connectivity index (χ2n) is 3.82. The van der Waals surface area contributed by atoms with Crippen molar-refractivity contribution in [3.63, 3.8) is 0 Å². The highest BCUT2D eigenvalue weighted by Crippen LogP contribution is 2.27. The van der Waals surface area contributed by atoms with Gasteiger partial charge in [0.1, 0.15) is 16.7 Å². The smallest absolute Gasteiger partial charge is 0.197 e. The van der Waals surface area contributed by atoms with E-state index < -0.39 is 0 Å². The number of nitrogen functional groups attached to an aromatic ring is 1. The van der Waals surface area contributed by atoms with E-state index in [1.165, 1.54) is 11.8 Å². The number of nitrogens with two attached hydrogens (primary N) is 1. The molecule has 0 aliphatic carbocycles. The molecule has 3 rings (SSSR count). The Morgan fingerprint density at radius 1 is 1.33 bits per heavy atom. The molecule has 0 fully saturated rings. The lowest BCUT2D eigenvalue weighted by molar-refractivity contribution is 0.764. The first kappa shape index (κ1) is 11.0. The highest BCUT2D eigenvalue weighted by atomic mass is 32.2. The van der Waals surface area contributed by atoms with E-state index in [0.29, 0.717) is 5.82 Å². The Balaban J connectivity index is 2.09. The van der Waals surface area contributed by atoms with Gasteiger partial charge in [-0.2, -0.15) is 0 Å². The summed E-state index contributed by atoms with van der Waals surface area (Å²) in [5.41, 5.74) is 6.52. The average molecular weight is 261 g/mol. The minimum atomic E-state index is 0.446. The Bertz CT molecular complexity index is 714. The van der Waals surface area contributed by atoms with Crippen LogP contribution < -0.4 is 5.73 Å². The summed E-state index contributed by atoms with van der Waals surface area (Å²) in [5, 5.41) is 9.58. The lowest BCUT2D eigenvalue weighted by Crippen LogP contribution is -1.99. The number of fused-ring (bicyclic) bond motifs is 1. The van der Waals surface area contributed by atoms with E-state index in [2.05, 4.69) is 20.2 Å². The number of hydrogen-bond donors (Lipinski definition) is 1. The molecule has 0 radical (unpaired) electrons. The fraction of sp³-hybridized carbons (Fsp3) is 0.200. The van der Waals surface area contributed by atoms with E-state index in [0.717, 1.165) is 21.7 Å². The molecular formula is C10H11N7S. The molecule has 0 spiro atoms. The van der Waals surface area contributed by atoms with E-state index in [4.69, 9.17) is 5.73 Å². The zero-order chi connectivity index (χ0) is 12.7. The molecule has 2 N–H and O–H groups in total. The van der Waals surface area contributed by atoms with Crippen LogP contribution in [0.1, 0.15) is 5.82 Å². The lowest BCUT2D eigenvalue weighted by atomic mass is 10.6. The van der Waals surface area contributed by atoms with Crippen LogP contribution in [-0.2, 0) is 7.05 Å². The molecule has 0 unspecified atom stereocenters. The van der Waals surface area contributed by atoms with Crippen LogP contribution in [0.2, 0.25) is 0 Å². The van der Waals surface area contributed by atoms with Gasteiger partial charge in [-0.3, -0.25) is 0 Å². The number of aryl methyl sites for hydroxylation is 1. The van der Waals surface area contributed by atoms with Gasteiger partial charge in [-0.15, -0.1) is 10.2 Å². The van der Waals surface area contributed by atoms with Crippen LogP contribution in [0.5, 0.6) is 0 Å². The summed E-state index contributed by atoms with van der Waals surface area (Å²) in [6.07, 6.45) is 5.27. The van der Waals surface area contributed by atoms with Crippen molar-refractivity contribution in [2.24, 2.45) is 7.05 Å². The Hall–Kier alpha value is -2.09. The fourth-order valence-electron chi connectivity index (χ4n) is 1.55. The molecule has 18 heavy (non-hydrogen) atoms. The molecule has 3 aromatic rings. The number of anilines is 1. The molecule has 0 saturated carbocycles. The largest absolute Gasteiger partial charge is 0.382 e. The summed E-state index contributed by atoms with van der Waals surface area (Å²) in [7, 11) is 1.91. The molecule has 0 aliphatic heterocycles. The second kappa shape index (κ2) is 3.98. The molecule has 7 nitrogen and oxygen atoms in total. The van der Waals surface area contributed by atoms with Crippen molar-refractivity contribution in [2.75, 3.05) is 5.73 Å². The van der Waals surface area contributed by atoms with Gasteiger partial charge in [0.05, 0.1) is 6.20 Å². The van der Waals surface area contributed by atoms with Crippen LogP contribution in [0.25, 0.3) is 5.65 Å². The van der Waals surface area contributed by atoms with Crippen LogP contribution in [0.3, 0.4) is 0 Å². The Kier molecular flexibility index (Phi) is 2.44. The van der Waals surface area contributed by atoms with Gasteiger partial charge >= 0.3 is 0 Å². The van der Waals surface area contributed by atoms with E-state index in [1.807, 2.05) is 29.1 Å². The third kappa shape index (κ3) is 1.70. The normalized spacial score (nSPS) is 11.2. The van der Waals surface area contributed by atoms with E-state index in [9.17, 15) is 0 Å². The molecule has 3 aromatic heterocycles. The van der Waals surface area contributed by atoms with Gasteiger partial charge in [0, 0.05) is 19.4 Å². The first-order valence-corrected chi connectivity index (χ1v) is 6.10. The van der Waals surface area contributed by atoms with Gasteiger partial charge in [-0.05, 0) is 18.7 Å². The molecule has 0 amide bonds. The summed E-state index contributed by atoms with van der Waals surface area (Å²) >= 11 is 1.40. The molecule has 0 saturated heterocycles. The van der Waals surface area contributed by atoms with Crippen molar-refractivity contribution in [1.29, 1.82) is 0 Å². The van der Waals surface area contributed by atoms with Crippen molar-refractivity contribution < 1.29 is 0 Å².